The monoisotopic (exact) mass is 248 g/mol. The number of ether oxygens (including phenoxy) is 2. The summed E-state index contributed by atoms with van der Waals surface area (Å²) in [6.45, 7) is 3.75. The predicted octanol–water partition coefficient (Wildman–Crippen LogP) is 1.69. The third-order valence-electron chi connectivity index (χ3n) is 3.04. The summed E-state index contributed by atoms with van der Waals surface area (Å²) in [6, 6.07) is 9.36. The van der Waals surface area contributed by atoms with Crippen LogP contribution < -0.4 is 0 Å². The van der Waals surface area contributed by atoms with Crippen LogP contribution >= 0.6 is 0 Å². The Kier molecular flexibility index (Phi) is 3.77. The molecule has 1 aromatic rings. The highest BCUT2D eigenvalue weighted by Crippen LogP contribution is 2.32. The van der Waals surface area contributed by atoms with Crippen molar-refractivity contribution in [1.82, 2.24) is 0 Å². The molecule has 1 aliphatic rings. The summed E-state index contributed by atoms with van der Waals surface area (Å²) in [5.41, 5.74) is 0.877. The second kappa shape index (κ2) is 5.31. The zero-order chi connectivity index (χ0) is 13.1. The first-order valence-corrected chi connectivity index (χ1v) is 6.06. The number of carbonyl (C=O) groups excluding carboxylic acids is 2. The molecule has 2 rings (SSSR count). The van der Waals surface area contributed by atoms with Gasteiger partial charge >= 0.3 is 5.97 Å². The maximum Gasteiger partial charge on any atom is 0.343 e. The van der Waals surface area contributed by atoms with Crippen LogP contribution in [0.5, 0.6) is 0 Å². The summed E-state index contributed by atoms with van der Waals surface area (Å²) in [7, 11) is 0. The molecule has 4 nitrogen and oxygen atoms in total. The van der Waals surface area contributed by atoms with E-state index in [1.165, 1.54) is 0 Å². The SMILES string of the molecule is CCOC(=O)[C@@H]1O[C@H](C)[C@H](c2ccccc2)C1=O. The standard InChI is InChI=1S/C14H16O4/c1-3-17-14(16)13-12(15)11(9(2)18-13)10-7-5-4-6-8-10/h4-9,11,13H,3H2,1-2H3/t9-,11-,13-/m1/s1. The van der Waals surface area contributed by atoms with Crippen molar-refractivity contribution in [2.45, 2.75) is 32.0 Å². The number of rotatable bonds is 3. The number of hydrogen-bond acceptors (Lipinski definition) is 4. The van der Waals surface area contributed by atoms with E-state index in [9.17, 15) is 9.59 Å². The van der Waals surface area contributed by atoms with E-state index in [1.807, 2.05) is 30.3 Å². The fourth-order valence-electron chi connectivity index (χ4n) is 2.24. The molecule has 18 heavy (non-hydrogen) atoms. The van der Waals surface area contributed by atoms with E-state index >= 15 is 0 Å². The van der Waals surface area contributed by atoms with Crippen LogP contribution in [0, 0.1) is 0 Å². The third kappa shape index (κ3) is 2.29. The minimum atomic E-state index is -1.08. The maximum absolute atomic E-state index is 12.2. The Hall–Kier alpha value is -1.68. The molecule has 0 spiro atoms. The van der Waals surface area contributed by atoms with E-state index in [1.54, 1.807) is 13.8 Å². The second-order valence-electron chi connectivity index (χ2n) is 4.26. The quantitative estimate of drug-likeness (QED) is 0.603. The lowest BCUT2D eigenvalue weighted by atomic mass is 9.90. The number of ketones is 1. The molecule has 1 aromatic carbocycles. The van der Waals surface area contributed by atoms with E-state index in [2.05, 4.69) is 0 Å². The summed E-state index contributed by atoms with van der Waals surface area (Å²) in [6.07, 6.45) is -1.39. The number of carbonyl (C=O) groups is 2. The molecule has 0 saturated carbocycles. The van der Waals surface area contributed by atoms with E-state index in [4.69, 9.17) is 9.47 Å². The van der Waals surface area contributed by atoms with Crippen molar-refractivity contribution in [3.05, 3.63) is 35.9 Å². The molecule has 1 fully saturated rings. The third-order valence-corrected chi connectivity index (χ3v) is 3.04. The summed E-state index contributed by atoms with van der Waals surface area (Å²) in [5.74, 6) is -1.19. The summed E-state index contributed by atoms with van der Waals surface area (Å²) >= 11 is 0. The Morgan fingerprint density at radius 2 is 2.00 bits per heavy atom. The van der Waals surface area contributed by atoms with E-state index < -0.39 is 12.1 Å². The average Bonchev–Trinajstić information content (AvgIpc) is 2.66. The highest BCUT2D eigenvalue weighted by molar-refractivity contribution is 6.06. The summed E-state index contributed by atoms with van der Waals surface area (Å²) in [4.78, 5) is 23.8. The molecule has 0 unspecified atom stereocenters. The smallest absolute Gasteiger partial charge is 0.343 e. The molecule has 0 N–H and O–H groups in total. The lowest BCUT2D eigenvalue weighted by Gasteiger charge is -2.11. The fraction of sp³-hybridized carbons (Fsp3) is 0.429. The van der Waals surface area contributed by atoms with E-state index in [-0.39, 0.29) is 24.4 Å². The molecule has 0 aliphatic carbocycles. The van der Waals surface area contributed by atoms with Gasteiger partial charge in [0.25, 0.3) is 0 Å². The Bertz CT molecular complexity index is 440. The zero-order valence-electron chi connectivity index (χ0n) is 10.5. The van der Waals surface area contributed by atoms with Crippen LogP contribution in [0.2, 0.25) is 0 Å². The van der Waals surface area contributed by atoms with Crippen molar-refractivity contribution in [2.24, 2.45) is 0 Å². The maximum atomic E-state index is 12.2. The summed E-state index contributed by atoms with van der Waals surface area (Å²) < 4.78 is 10.3. The van der Waals surface area contributed by atoms with E-state index in [0.29, 0.717) is 0 Å². The van der Waals surface area contributed by atoms with Gasteiger partial charge in [0.05, 0.1) is 18.6 Å². The molecule has 1 saturated heterocycles. The molecule has 0 bridgehead atoms. The van der Waals surface area contributed by atoms with Crippen molar-refractivity contribution in [1.29, 1.82) is 0 Å². The number of Topliss-reactive ketones (excluding diaryl/α,β-unsaturated/α-hetero) is 1. The van der Waals surface area contributed by atoms with Gasteiger partial charge in [-0.15, -0.1) is 0 Å². The molecule has 0 aromatic heterocycles. The van der Waals surface area contributed by atoms with Crippen LogP contribution in [-0.2, 0) is 19.1 Å². The molecule has 96 valence electrons. The van der Waals surface area contributed by atoms with Crippen LogP contribution in [0.1, 0.15) is 25.3 Å². The normalized spacial score (nSPS) is 27.2. The van der Waals surface area contributed by atoms with Gasteiger partial charge in [-0.05, 0) is 19.4 Å². The van der Waals surface area contributed by atoms with Crippen molar-refractivity contribution >= 4 is 11.8 Å². The van der Waals surface area contributed by atoms with Crippen molar-refractivity contribution in [3.8, 4) is 0 Å². The first kappa shape index (κ1) is 12.8. The van der Waals surface area contributed by atoms with Crippen LogP contribution in [-0.4, -0.2) is 30.6 Å². The minimum Gasteiger partial charge on any atom is -0.464 e. The molecular weight excluding hydrogens is 232 g/mol. The van der Waals surface area contributed by atoms with Gasteiger partial charge in [0.1, 0.15) is 0 Å². The van der Waals surface area contributed by atoms with Crippen LogP contribution in [0.25, 0.3) is 0 Å². The second-order valence-corrected chi connectivity index (χ2v) is 4.26. The van der Waals surface area contributed by atoms with Gasteiger partial charge in [0, 0.05) is 0 Å². The highest BCUT2D eigenvalue weighted by Gasteiger charge is 2.46. The first-order valence-electron chi connectivity index (χ1n) is 6.06. The van der Waals surface area contributed by atoms with Gasteiger partial charge in [-0.2, -0.15) is 0 Å². The molecule has 4 heteroatoms. The Labute approximate surface area is 106 Å². The van der Waals surface area contributed by atoms with Gasteiger partial charge in [-0.1, -0.05) is 30.3 Å². The lowest BCUT2D eigenvalue weighted by Crippen LogP contribution is -2.30. The van der Waals surface area contributed by atoms with Crippen molar-refractivity contribution in [3.63, 3.8) is 0 Å². The molecule has 1 aliphatic heterocycles. The molecule has 0 amide bonds. The predicted molar refractivity (Wildman–Crippen MR) is 65.2 cm³/mol. The topological polar surface area (TPSA) is 52.6 Å². The van der Waals surface area contributed by atoms with E-state index in [0.717, 1.165) is 5.56 Å². The van der Waals surface area contributed by atoms with Crippen molar-refractivity contribution < 1.29 is 19.1 Å². The molecule has 0 radical (unpaired) electrons. The largest absolute Gasteiger partial charge is 0.464 e. The minimum absolute atomic E-state index is 0.216. The van der Waals surface area contributed by atoms with Crippen LogP contribution in [0.3, 0.4) is 0 Å². The average molecular weight is 248 g/mol. The number of benzene rings is 1. The number of esters is 1. The Balaban J connectivity index is 2.20. The molecule has 3 atom stereocenters. The Morgan fingerprint density at radius 1 is 1.33 bits per heavy atom. The lowest BCUT2D eigenvalue weighted by molar-refractivity contribution is -0.157. The van der Waals surface area contributed by atoms with Crippen molar-refractivity contribution in [2.75, 3.05) is 6.61 Å². The van der Waals surface area contributed by atoms with Gasteiger partial charge in [0.2, 0.25) is 6.10 Å². The number of hydrogen-bond donors (Lipinski definition) is 0. The fourth-order valence-corrected chi connectivity index (χ4v) is 2.24. The van der Waals surface area contributed by atoms with Gasteiger partial charge in [-0.3, -0.25) is 4.79 Å². The molecule has 1 heterocycles. The van der Waals surface area contributed by atoms with Crippen LogP contribution in [0.15, 0.2) is 30.3 Å². The van der Waals surface area contributed by atoms with Gasteiger partial charge in [0.15, 0.2) is 5.78 Å². The highest BCUT2D eigenvalue weighted by atomic mass is 16.6. The van der Waals surface area contributed by atoms with Gasteiger partial charge < -0.3 is 9.47 Å². The zero-order valence-corrected chi connectivity index (χ0v) is 10.5. The Morgan fingerprint density at radius 3 is 2.61 bits per heavy atom. The molecular formula is C14H16O4. The first-order chi connectivity index (χ1) is 8.65. The summed E-state index contributed by atoms with van der Waals surface area (Å²) in [5, 5.41) is 0. The van der Waals surface area contributed by atoms with Gasteiger partial charge in [-0.25, -0.2) is 4.79 Å². The van der Waals surface area contributed by atoms with Crippen LogP contribution in [0.4, 0.5) is 0 Å².